The molecule has 0 bridgehead atoms. The fourth-order valence-electron chi connectivity index (χ4n) is 1.48. The van der Waals surface area contributed by atoms with Crippen molar-refractivity contribution in [3.05, 3.63) is 71.9 Å². The SMILES string of the molecule is COc1ccc(I(O[N+](=O)[O-])c2ccccc2)cc1. The topological polar surface area (TPSA) is 61.6 Å². The number of methoxy groups -OCH3 is 1. The van der Waals surface area contributed by atoms with Gasteiger partial charge in [0, 0.05) is 0 Å². The zero-order valence-corrected chi connectivity index (χ0v) is 12.3. The van der Waals surface area contributed by atoms with Gasteiger partial charge >= 0.3 is 118 Å². The van der Waals surface area contributed by atoms with Gasteiger partial charge in [0.1, 0.15) is 0 Å². The van der Waals surface area contributed by atoms with Crippen LogP contribution in [-0.2, 0) is 3.17 Å². The fraction of sp³-hybridized carbons (Fsp3) is 0.0769. The Morgan fingerprint density at radius 3 is 2.11 bits per heavy atom. The van der Waals surface area contributed by atoms with Gasteiger partial charge < -0.3 is 0 Å². The maximum atomic E-state index is 10.7. The van der Waals surface area contributed by atoms with Crippen molar-refractivity contribution in [2.24, 2.45) is 0 Å². The fourth-order valence-corrected chi connectivity index (χ4v) is 5.05. The van der Waals surface area contributed by atoms with Crippen molar-refractivity contribution in [3.8, 4) is 5.75 Å². The first-order valence-electron chi connectivity index (χ1n) is 5.42. The summed E-state index contributed by atoms with van der Waals surface area (Å²) in [7, 11) is 1.58. The van der Waals surface area contributed by atoms with Gasteiger partial charge in [-0.15, -0.1) is 0 Å². The second-order valence-electron chi connectivity index (χ2n) is 3.50. The van der Waals surface area contributed by atoms with Crippen LogP contribution < -0.4 is 4.74 Å². The summed E-state index contributed by atoms with van der Waals surface area (Å²) >= 11 is -2.49. The van der Waals surface area contributed by atoms with Crippen molar-refractivity contribution >= 4 is 20.2 Å². The van der Waals surface area contributed by atoms with E-state index in [0.717, 1.165) is 7.14 Å². The molecule has 6 heteroatoms. The standard InChI is InChI=1S/C13H12INO4/c1-18-13-9-7-12(8-10-13)14(19-15(16)17)11-5-3-2-4-6-11/h2-10H,1H3. The Morgan fingerprint density at radius 2 is 1.58 bits per heavy atom. The van der Waals surface area contributed by atoms with Crippen molar-refractivity contribution in [2.75, 3.05) is 7.11 Å². The molecule has 0 amide bonds. The first-order chi connectivity index (χ1) is 9.20. The predicted octanol–water partition coefficient (Wildman–Crippen LogP) is 3.36. The summed E-state index contributed by atoms with van der Waals surface area (Å²) in [6.45, 7) is 0. The molecule has 0 fully saturated rings. The molecule has 0 radical (unpaired) electrons. The molecule has 0 N–H and O–H groups in total. The normalized spacial score (nSPS) is 10.7. The molecule has 0 aliphatic carbocycles. The first kappa shape index (κ1) is 13.6. The van der Waals surface area contributed by atoms with Crippen molar-refractivity contribution < 1.29 is 13.0 Å². The van der Waals surface area contributed by atoms with Crippen molar-refractivity contribution in [1.82, 2.24) is 0 Å². The third-order valence-electron chi connectivity index (χ3n) is 2.30. The van der Waals surface area contributed by atoms with Crippen LogP contribution in [0.1, 0.15) is 0 Å². The summed E-state index contributed by atoms with van der Waals surface area (Å²) in [5.41, 5.74) is 0. The van der Waals surface area contributed by atoms with Crippen molar-refractivity contribution in [3.63, 3.8) is 0 Å². The molecule has 2 aromatic rings. The molecule has 0 heterocycles. The Hall–Kier alpha value is -1.83. The van der Waals surface area contributed by atoms with Crippen LogP contribution in [0, 0.1) is 17.3 Å². The molecule has 5 nitrogen and oxygen atoms in total. The van der Waals surface area contributed by atoms with Crippen LogP contribution in [0.2, 0.25) is 0 Å². The molecule has 0 spiro atoms. The van der Waals surface area contributed by atoms with Gasteiger partial charge in [-0.05, 0) is 0 Å². The van der Waals surface area contributed by atoms with Gasteiger partial charge in [0.15, 0.2) is 0 Å². The summed E-state index contributed by atoms with van der Waals surface area (Å²) in [6.07, 6.45) is 0. The molecule has 100 valence electrons. The van der Waals surface area contributed by atoms with Crippen LogP contribution in [0.25, 0.3) is 0 Å². The van der Waals surface area contributed by atoms with Crippen LogP contribution in [0.15, 0.2) is 54.6 Å². The van der Waals surface area contributed by atoms with Crippen LogP contribution in [0.3, 0.4) is 0 Å². The van der Waals surface area contributed by atoms with E-state index in [1.54, 1.807) is 19.2 Å². The maximum absolute atomic E-state index is 10.7. The first-order valence-corrected chi connectivity index (χ1v) is 8.46. The number of rotatable bonds is 5. The van der Waals surface area contributed by atoms with Gasteiger partial charge in [-0.25, -0.2) is 0 Å². The molecular weight excluding hydrogens is 361 g/mol. The zero-order chi connectivity index (χ0) is 13.7. The van der Waals surface area contributed by atoms with E-state index < -0.39 is 25.3 Å². The molecule has 0 saturated carbocycles. The summed E-state index contributed by atoms with van der Waals surface area (Å²) in [4.78, 5) is 10.7. The Balaban J connectivity index is 2.34. The molecular formula is C13H12INO4. The third-order valence-corrected chi connectivity index (χ3v) is 6.72. The second-order valence-corrected chi connectivity index (χ2v) is 7.80. The molecule has 2 aromatic carbocycles. The van der Waals surface area contributed by atoms with Crippen LogP contribution in [0.4, 0.5) is 0 Å². The van der Waals surface area contributed by atoms with Gasteiger partial charge in [-0.2, -0.15) is 0 Å². The second kappa shape index (κ2) is 6.37. The van der Waals surface area contributed by atoms with E-state index in [1.165, 1.54) is 0 Å². The van der Waals surface area contributed by atoms with Crippen molar-refractivity contribution in [2.45, 2.75) is 0 Å². The van der Waals surface area contributed by atoms with Crippen molar-refractivity contribution in [1.29, 1.82) is 0 Å². The van der Waals surface area contributed by atoms with E-state index in [2.05, 4.69) is 0 Å². The van der Waals surface area contributed by atoms with E-state index in [-0.39, 0.29) is 0 Å². The van der Waals surface area contributed by atoms with Gasteiger partial charge in [0.05, 0.1) is 0 Å². The minimum atomic E-state index is -2.49. The number of hydrogen-bond donors (Lipinski definition) is 0. The number of halogens is 1. The monoisotopic (exact) mass is 373 g/mol. The summed E-state index contributed by atoms with van der Waals surface area (Å²) in [5.74, 6) is 0.716. The molecule has 0 atom stereocenters. The summed E-state index contributed by atoms with van der Waals surface area (Å²) < 4.78 is 11.7. The quantitative estimate of drug-likeness (QED) is 0.458. The average Bonchev–Trinajstić information content (AvgIpc) is 2.46. The van der Waals surface area contributed by atoms with E-state index >= 15 is 0 Å². The number of nitrogens with zero attached hydrogens (tertiary/aromatic N) is 1. The van der Waals surface area contributed by atoms with Gasteiger partial charge in [-0.1, -0.05) is 0 Å². The minimum absolute atomic E-state index is 0.706. The number of ether oxygens (including phenoxy) is 1. The zero-order valence-electron chi connectivity index (χ0n) is 10.2. The summed E-state index contributed by atoms with van der Waals surface area (Å²) in [6, 6.07) is 16.5. The molecule has 19 heavy (non-hydrogen) atoms. The van der Waals surface area contributed by atoms with E-state index in [0.29, 0.717) is 5.75 Å². The van der Waals surface area contributed by atoms with E-state index in [9.17, 15) is 10.1 Å². The number of hydrogen-bond acceptors (Lipinski definition) is 4. The Kier molecular flexibility index (Phi) is 4.56. The molecule has 0 aromatic heterocycles. The van der Waals surface area contributed by atoms with Crippen LogP contribution in [-0.4, -0.2) is 12.2 Å². The summed E-state index contributed by atoms with van der Waals surface area (Å²) in [5, 5.41) is 9.97. The molecule has 0 aliphatic rings. The molecule has 2 rings (SSSR count). The van der Waals surface area contributed by atoms with Crippen LogP contribution in [0.5, 0.6) is 5.75 Å². The van der Waals surface area contributed by atoms with Crippen LogP contribution >= 0.6 is 20.2 Å². The van der Waals surface area contributed by atoms with E-state index in [4.69, 9.17) is 7.90 Å². The third kappa shape index (κ3) is 3.57. The van der Waals surface area contributed by atoms with Gasteiger partial charge in [-0.3, -0.25) is 0 Å². The Bertz CT molecular complexity index is 544. The predicted molar refractivity (Wildman–Crippen MR) is 78.9 cm³/mol. The Labute approximate surface area is 118 Å². The van der Waals surface area contributed by atoms with Gasteiger partial charge in [0.2, 0.25) is 0 Å². The molecule has 0 saturated heterocycles. The van der Waals surface area contributed by atoms with E-state index in [1.807, 2.05) is 42.5 Å². The molecule has 0 aliphatic heterocycles. The Morgan fingerprint density at radius 1 is 1.00 bits per heavy atom. The average molecular weight is 373 g/mol. The van der Waals surface area contributed by atoms with Gasteiger partial charge in [0.25, 0.3) is 0 Å². The number of benzene rings is 2. The molecule has 0 unspecified atom stereocenters.